The van der Waals surface area contributed by atoms with Crippen LogP contribution in [0.2, 0.25) is 0 Å². The lowest BCUT2D eigenvalue weighted by molar-refractivity contribution is 0.473. The van der Waals surface area contributed by atoms with Gasteiger partial charge in [-0.2, -0.15) is 0 Å². The first-order valence-corrected chi connectivity index (χ1v) is 5.71. The quantitative estimate of drug-likeness (QED) is 0.721. The van der Waals surface area contributed by atoms with Crippen molar-refractivity contribution in [1.29, 1.82) is 0 Å². The van der Waals surface area contributed by atoms with Crippen LogP contribution in [0, 0.1) is 5.92 Å². The summed E-state index contributed by atoms with van der Waals surface area (Å²) in [5, 5.41) is 3.35. The molecule has 0 fully saturated rings. The molecule has 0 aliphatic rings. The highest BCUT2D eigenvalue weighted by atomic mass is 15.0. The van der Waals surface area contributed by atoms with Gasteiger partial charge >= 0.3 is 0 Å². The fourth-order valence-corrected chi connectivity index (χ4v) is 1.71. The molecular weight excluding hydrogens is 186 g/mol. The Morgan fingerprint density at radius 2 is 2.27 bits per heavy atom. The Hall–Kier alpha value is -1.09. The van der Waals surface area contributed by atoms with Crippen molar-refractivity contribution in [3.05, 3.63) is 24.4 Å². The monoisotopic (exact) mass is 207 g/mol. The summed E-state index contributed by atoms with van der Waals surface area (Å²) < 4.78 is 0. The van der Waals surface area contributed by atoms with E-state index in [9.17, 15) is 0 Å². The summed E-state index contributed by atoms with van der Waals surface area (Å²) in [5.74, 6) is 1.62. The molecule has 3 heteroatoms. The van der Waals surface area contributed by atoms with Gasteiger partial charge in [-0.25, -0.2) is 4.98 Å². The molecule has 3 N–H and O–H groups in total. The lowest BCUT2D eigenvalue weighted by Gasteiger charge is -2.16. The molecule has 15 heavy (non-hydrogen) atoms. The molecule has 1 rings (SSSR count). The maximum atomic E-state index is 5.59. The van der Waals surface area contributed by atoms with E-state index in [1.807, 2.05) is 18.2 Å². The van der Waals surface area contributed by atoms with Crippen molar-refractivity contribution in [2.24, 2.45) is 11.7 Å². The highest BCUT2D eigenvalue weighted by molar-refractivity contribution is 5.32. The first kappa shape index (κ1) is 12.0. The third kappa shape index (κ3) is 4.79. The highest BCUT2D eigenvalue weighted by Crippen LogP contribution is 2.11. The Bertz CT molecular complexity index is 242. The van der Waals surface area contributed by atoms with Gasteiger partial charge in [-0.05, 0) is 37.4 Å². The minimum absolute atomic E-state index is 0.669. The van der Waals surface area contributed by atoms with E-state index in [0.717, 1.165) is 25.3 Å². The van der Waals surface area contributed by atoms with E-state index in [0.29, 0.717) is 5.92 Å². The number of anilines is 1. The van der Waals surface area contributed by atoms with Crippen molar-refractivity contribution in [2.75, 3.05) is 18.4 Å². The van der Waals surface area contributed by atoms with E-state index in [1.54, 1.807) is 6.20 Å². The fraction of sp³-hybridized carbons (Fsp3) is 0.583. The zero-order valence-corrected chi connectivity index (χ0v) is 9.45. The van der Waals surface area contributed by atoms with E-state index < -0.39 is 0 Å². The topological polar surface area (TPSA) is 50.9 Å². The summed E-state index contributed by atoms with van der Waals surface area (Å²) in [7, 11) is 0. The molecule has 1 heterocycles. The van der Waals surface area contributed by atoms with Gasteiger partial charge in [0.15, 0.2) is 0 Å². The summed E-state index contributed by atoms with van der Waals surface area (Å²) in [5.41, 5.74) is 5.59. The molecule has 1 aromatic heterocycles. The van der Waals surface area contributed by atoms with Gasteiger partial charge in [0.1, 0.15) is 5.82 Å². The summed E-state index contributed by atoms with van der Waals surface area (Å²) >= 11 is 0. The van der Waals surface area contributed by atoms with Gasteiger partial charge in [-0.1, -0.05) is 19.4 Å². The van der Waals surface area contributed by atoms with E-state index in [-0.39, 0.29) is 0 Å². The van der Waals surface area contributed by atoms with Gasteiger partial charge in [-0.15, -0.1) is 0 Å². The summed E-state index contributed by atoms with van der Waals surface area (Å²) in [6.45, 7) is 3.96. The number of pyridine rings is 1. The van der Waals surface area contributed by atoms with Gasteiger partial charge in [0.05, 0.1) is 0 Å². The SMILES string of the molecule is CCCC(CCN)CNc1ccccn1. The standard InChI is InChI=1S/C12H21N3/c1-2-5-11(7-8-13)10-15-12-6-3-4-9-14-12/h3-4,6,9,11H,2,5,7-8,10,13H2,1H3,(H,14,15). The molecule has 1 unspecified atom stereocenters. The van der Waals surface area contributed by atoms with Gasteiger partial charge in [0, 0.05) is 12.7 Å². The third-order valence-electron chi connectivity index (χ3n) is 2.51. The molecular formula is C12H21N3. The average molecular weight is 207 g/mol. The summed E-state index contributed by atoms with van der Waals surface area (Å²) in [6.07, 6.45) is 5.35. The van der Waals surface area contributed by atoms with Crippen molar-refractivity contribution in [1.82, 2.24) is 4.98 Å². The van der Waals surface area contributed by atoms with Gasteiger partial charge in [0.2, 0.25) is 0 Å². The highest BCUT2D eigenvalue weighted by Gasteiger charge is 2.06. The van der Waals surface area contributed by atoms with Crippen LogP contribution in [-0.4, -0.2) is 18.1 Å². The zero-order chi connectivity index (χ0) is 10.9. The van der Waals surface area contributed by atoms with E-state index in [4.69, 9.17) is 5.73 Å². The molecule has 3 nitrogen and oxygen atoms in total. The molecule has 84 valence electrons. The van der Waals surface area contributed by atoms with Crippen LogP contribution in [0.5, 0.6) is 0 Å². The first-order valence-electron chi connectivity index (χ1n) is 5.71. The number of nitrogens with zero attached hydrogens (tertiary/aromatic N) is 1. The maximum Gasteiger partial charge on any atom is 0.125 e. The predicted molar refractivity (Wildman–Crippen MR) is 64.8 cm³/mol. The minimum atomic E-state index is 0.669. The van der Waals surface area contributed by atoms with Crippen LogP contribution in [0.4, 0.5) is 5.82 Å². The van der Waals surface area contributed by atoms with E-state index in [1.165, 1.54) is 12.8 Å². The number of hydrogen-bond donors (Lipinski definition) is 2. The molecule has 0 spiro atoms. The number of rotatable bonds is 7. The van der Waals surface area contributed by atoms with E-state index in [2.05, 4.69) is 17.2 Å². The Balaban J connectivity index is 2.33. The number of hydrogen-bond acceptors (Lipinski definition) is 3. The number of nitrogens with two attached hydrogens (primary N) is 1. The summed E-state index contributed by atoms with van der Waals surface area (Å²) in [6, 6.07) is 5.91. The second-order valence-electron chi connectivity index (χ2n) is 3.83. The van der Waals surface area contributed by atoms with Crippen LogP contribution in [0.1, 0.15) is 26.2 Å². The first-order chi connectivity index (χ1) is 7.36. The molecule has 0 radical (unpaired) electrons. The second-order valence-corrected chi connectivity index (χ2v) is 3.83. The zero-order valence-electron chi connectivity index (χ0n) is 9.45. The Kier molecular flexibility index (Phi) is 5.78. The lowest BCUT2D eigenvalue weighted by atomic mass is 10.00. The van der Waals surface area contributed by atoms with Gasteiger partial charge < -0.3 is 11.1 Å². The van der Waals surface area contributed by atoms with Crippen molar-refractivity contribution in [3.63, 3.8) is 0 Å². The molecule has 1 atom stereocenters. The van der Waals surface area contributed by atoms with Crippen LogP contribution in [0.25, 0.3) is 0 Å². The Morgan fingerprint density at radius 1 is 1.40 bits per heavy atom. The fourth-order valence-electron chi connectivity index (χ4n) is 1.71. The van der Waals surface area contributed by atoms with Gasteiger partial charge in [0.25, 0.3) is 0 Å². The Morgan fingerprint density at radius 3 is 2.87 bits per heavy atom. The third-order valence-corrected chi connectivity index (χ3v) is 2.51. The minimum Gasteiger partial charge on any atom is -0.370 e. The van der Waals surface area contributed by atoms with Crippen molar-refractivity contribution in [3.8, 4) is 0 Å². The van der Waals surface area contributed by atoms with Crippen LogP contribution in [0.15, 0.2) is 24.4 Å². The average Bonchev–Trinajstić information content (AvgIpc) is 2.28. The molecule has 0 aliphatic carbocycles. The molecule has 1 aromatic rings. The second kappa shape index (κ2) is 7.23. The van der Waals surface area contributed by atoms with Crippen molar-refractivity contribution in [2.45, 2.75) is 26.2 Å². The molecule has 0 saturated carbocycles. The maximum absolute atomic E-state index is 5.59. The van der Waals surface area contributed by atoms with Crippen LogP contribution >= 0.6 is 0 Å². The predicted octanol–water partition coefficient (Wildman–Crippen LogP) is 2.26. The van der Waals surface area contributed by atoms with Crippen LogP contribution in [-0.2, 0) is 0 Å². The van der Waals surface area contributed by atoms with Crippen molar-refractivity contribution >= 4 is 5.82 Å². The molecule has 0 bridgehead atoms. The normalized spacial score (nSPS) is 12.4. The molecule has 0 saturated heterocycles. The molecule has 0 aliphatic heterocycles. The van der Waals surface area contributed by atoms with Crippen LogP contribution < -0.4 is 11.1 Å². The molecule has 0 aromatic carbocycles. The van der Waals surface area contributed by atoms with Crippen LogP contribution in [0.3, 0.4) is 0 Å². The van der Waals surface area contributed by atoms with E-state index >= 15 is 0 Å². The number of aromatic nitrogens is 1. The van der Waals surface area contributed by atoms with Crippen molar-refractivity contribution < 1.29 is 0 Å². The summed E-state index contributed by atoms with van der Waals surface area (Å²) in [4.78, 5) is 4.23. The lowest BCUT2D eigenvalue weighted by Crippen LogP contribution is -2.18. The largest absolute Gasteiger partial charge is 0.370 e. The van der Waals surface area contributed by atoms with Gasteiger partial charge in [-0.3, -0.25) is 0 Å². The molecule has 0 amide bonds. The Labute approximate surface area is 92.1 Å². The number of nitrogens with one attached hydrogen (secondary N) is 1. The smallest absolute Gasteiger partial charge is 0.125 e.